The Morgan fingerprint density at radius 1 is 0.485 bits per heavy atom. The number of ketones is 4. The van der Waals surface area contributed by atoms with Gasteiger partial charge in [-0.3, -0.25) is 28.8 Å². The van der Waals surface area contributed by atoms with Gasteiger partial charge in [-0.1, -0.05) is 132 Å². The summed E-state index contributed by atoms with van der Waals surface area (Å²) in [6, 6.07) is 10.6. The largest absolute Gasteiger partial charge is 0.478 e. The normalized spacial score (nSPS) is 36.4. The number of aliphatic hydroxyl groups excluding tert-OH is 6. The van der Waals surface area contributed by atoms with Crippen molar-refractivity contribution in [1.29, 1.82) is 0 Å². The third-order valence-electron chi connectivity index (χ3n) is 28.8. The molecule has 6 aliphatic heterocycles. The molecule has 6 fully saturated rings. The van der Waals surface area contributed by atoms with Gasteiger partial charge in [0.1, 0.15) is 48.1 Å². The van der Waals surface area contributed by atoms with Gasteiger partial charge < -0.3 is 98.8 Å². The summed E-state index contributed by atoms with van der Waals surface area (Å²) in [7, 11) is 6.06. The van der Waals surface area contributed by atoms with Gasteiger partial charge in [-0.2, -0.15) is 0 Å². The summed E-state index contributed by atoms with van der Waals surface area (Å²) in [5, 5.41) is 106. The number of fused-ring (bicyclic) bond motifs is 6. The van der Waals surface area contributed by atoms with Crippen LogP contribution in [0.2, 0.25) is 0 Å². The van der Waals surface area contributed by atoms with Gasteiger partial charge in [0.25, 0.3) is 23.4 Å². The quantitative estimate of drug-likeness (QED) is 0.0376. The Balaban J connectivity index is 0.000000297. The third kappa shape index (κ3) is 29.1. The fraction of sp³-hybridized carbons (Fsp3) is 0.654. The number of carboxylic acids is 2. The van der Waals surface area contributed by atoms with E-state index in [2.05, 4.69) is 13.2 Å². The average molecular weight is 1880 g/mol. The zero-order valence-electron chi connectivity index (χ0n) is 80.8. The van der Waals surface area contributed by atoms with Gasteiger partial charge in [-0.25, -0.2) is 19.2 Å². The van der Waals surface area contributed by atoms with E-state index < -0.39 is 180 Å². The van der Waals surface area contributed by atoms with Crippen molar-refractivity contribution in [3.05, 3.63) is 143 Å². The van der Waals surface area contributed by atoms with Crippen molar-refractivity contribution in [3.8, 4) is 0 Å². The first-order chi connectivity index (χ1) is 63.5. The molecule has 4 saturated heterocycles. The molecule has 30 heteroatoms. The van der Waals surface area contributed by atoms with Crippen LogP contribution in [-0.4, -0.2) is 271 Å². The predicted octanol–water partition coefficient (Wildman–Crippen LogP) is 11.7. The number of hydrogen-bond donors (Lipinski definition) is 10. The average Bonchev–Trinajstić information content (AvgIpc) is 0.787. The van der Waals surface area contributed by atoms with Gasteiger partial charge in [0, 0.05) is 115 Å². The highest BCUT2D eigenvalue weighted by molar-refractivity contribution is 6.39. The fourth-order valence-corrected chi connectivity index (χ4v) is 20.7. The Hall–Kier alpha value is -8.44. The number of esters is 2. The highest BCUT2D eigenvalue weighted by Gasteiger charge is 2.59. The molecule has 2 amide bonds. The molecule has 10 rings (SSSR count). The zero-order chi connectivity index (χ0) is 98.9. The zero-order valence-corrected chi connectivity index (χ0v) is 80.8. The number of amides is 2. The molecular formula is C104H150N2O28. The number of aromatic carboxylic acids is 2. The topological polar surface area (TPSA) is 453 Å². The molecule has 2 saturated carbocycles. The van der Waals surface area contributed by atoms with Crippen molar-refractivity contribution in [3.63, 3.8) is 0 Å². The number of benzene rings is 2. The lowest BCUT2D eigenvalue weighted by atomic mass is 9.78. The first-order valence-corrected chi connectivity index (χ1v) is 47.8. The first-order valence-electron chi connectivity index (χ1n) is 47.8. The number of carboxylic acid groups (broad SMARTS) is 2. The van der Waals surface area contributed by atoms with E-state index in [4.69, 9.17) is 43.0 Å². The Labute approximate surface area is 789 Å². The second kappa shape index (κ2) is 51.8. The van der Waals surface area contributed by atoms with E-state index in [1.54, 1.807) is 90.1 Å². The van der Waals surface area contributed by atoms with Gasteiger partial charge >= 0.3 is 23.9 Å². The van der Waals surface area contributed by atoms with Gasteiger partial charge in [0.15, 0.2) is 0 Å². The Morgan fingerprint density at radius 2 is 0.851 bits per heavy atom. The molecule has 0 spiro atoms. The van der Waals surface area contributed by atoms with Crippen molar-refractivity contribution in [2.45, 2.75) is 307 Å². The molecule has 2 aromatic rings. The van der Waals surface area contributed by atoms with E-state index in [1.807, 2.05) is 64.2 Å². The maximum absolute atomic E-state index is 14.5. The second-order valence-corrected chi connectivity index (χ2v) is 39.1. The fourth-order valence-electron chi connectivity index (χ4n) is 20.7. The minimum Gasteiger partial charge on any atom is -0.478 e. The molecule has 28 atom stereocenters. The number of ether oxygens (including phenoxy) is 8. The van der Waals surface area contributed by atoms with Crippen molar-refractivity contribution in [1.82, 2.24) is 9.80 Å². The van der Waals surface area contributed by atoms with Crippen LogP contribution in [0.1, 0.15) is 242 Å². The van der Waals surface area contributed by atoms with Gasteiger partial charge in [0.05, 0.1) is 60.0 Å². The number of methoxy groups -OCH3 is 4. The van der Waals surface area contributed by atoms with Crippen LogP contribution in [0.5, 0.6) is 0 Å². The molecule has 6 heterocycles. The van der Waals surface area contributed by atoms with Crippen LogP contribution < -0.4 is 0 Å². The molecule has 30 nitrogen and oxygen atoms in total. The number of cyclic esters (lactones) is 2. The van der Waals surface area contributed by atoms with Crippen LogP contribution in [0.25, 0.3) is 12.2 Å². The minimum absolute atomic E-state index is 0.00385. The molecule has 10 N–H and O–H groups in total. The van der Waals surface area contributed by atoms with Crippen LogP contribution in [0.15, 0.2) is 120 Å². The lowest BCUT2D eigenvalue weighted by molar-refractivity contribution is -0.302. The Morgan fingerprint density at radius 3 is 1.20 bits per heavy atom. The Kier molecular flexibility index (Phi) is 42.9. The minimum atomic E-state index is -2.56. The molecule has 2 aliphatic carbocycles. The summed E-state index contributed by atoms with van der Waals surface area (Å²) in [5.41, 5.74) is 5.18. The lowest BCUT2D eigenvalue weighted by Crippen LogP contribution is -2.64. The summed E-state index contributed by atoms with van der Waals surface area (Å²) >= 11 is 0. The van der Waals surface area contributed by atoms with Crippen molar-refractivity contribution in [2.75, 3.05) is 54.7 Å². The SMILES string of the molecule is C=CCC1/C=C(\C)CC(C)C[C@H](OC)C2O[C@](O)(C(=O)C(=O)N3CCCCC3C(=O)OC(/C(C)=C/C3CCC(O)C(CO)C3)C(C)C(O)CC1=O)C(C)CC2OC.C=Cc1ccc(C(=O)O)cc1.COC1C[C@@H](C)[C@]2(O)O[C@@H]1[C@@H](OC)CC(C)C/C(C)=C/C(C/C=C/c1ccc(C(=O)O)cc1)C(=O)CC(O)C(C)C(/C(C)=C/C1CCC(O)C(CO)C1)OC(=O)C1CCCCN1C(=O)C2=O. The molecular weight excluding hydrogens is 1730 g/mol. The number of hydrogen-bond acceptors (Lipinski definition) is 26. The van der Waals surface area contributed by atoms with Crippen molar-refractivity contribution < 1.29 is 137 Å². The van der Waals surface area contributed by atoms with Crippen LogP contribution in [-0.2, 0) is 76.3 Å². The maximum atomic E-state index is 14.5. The van der Waals surface area contributed by atoms with E-state index in [9.17, 15) is 93.9 Å². The molecule has 744 valence electrons. The van der Waals surface area contributed by atoms with Crippen molar-refractivity contribution in [2.24, 2.45) is 71.0 Å². The summed E-state index contributed by atoms with van der Waals surface area (Å²) in [5.74, 6) is -18.9. The van der Waals surface area contributed by atoms with E-state index >= 15 is 0 Å². The van der Waals surface area contributed by atoms with Crippen LogP contribution in [0.4, 0.5) is 0 Å². The number of Topliss-reactive ketones (excluding diaryl/α,β-unsaturated/α-hetero) is 4. The van der Waals surface area contributed by atoms with E-state index in [-0.39, 0.29) is 124 Å². The molecule has 2 aromatic carbocycles. The van der Waals surface area contributed by atoms with Crippen LogP contribution in [0, 0.1) is 71.0 Å². The smallest absolute Gasteiger partial charge is 0.335 e. The van der Waals surface area contributed by atoms with Crippen molar-refractivity contribution >= 4 is 71.0 Å². The molecule has 22 unspecified atom stereocenters. The number of carbonyl (C=O) groups excluding carboxylic acids is 8. The Bertz CT molecular complexity index is 4460. The molecule has 0 aromatic heterocycles. The highest BCUT2D eigenvalue weighted by atomic mass is 16.7. The summed E-state index contributed by atoms with van der Waals surface area (Å²) < 4.78 is 48.6. The highest BCUT2D eigenvalue weighted by Crippen LogP contribution is 2.44. The molecule has 8 aliphatic rings. The van der Waals surface area contributed by atoms with E-state index in [0.29, 0.717) is 113 Å². The number of nitrogens with zero attached hydrogens (tertiary/aromatic N) is 2. The van der Waals surface area contributed by atoms with Gasteiger partial charge in [-0.05, 0) is 226 Å². The van der Waals surface area contributed by atoms with Crippen LogP contribution >= 0.6 is 0 Å². The number of piperidine rings is 2. The predicted molar refractivity (Wildman–Crippen MR) is 500 cm³/mol. The molecule has 0 radical (unpaired) electrons. The monoisotopic (exact) mass is 1880 g/mol. The standard InChI is InChI=1S/C51H73NO14.C44H69NO12.C9H8O2/c1-29-21-30(2)23-43(63-6)46-44(64-7)25-32(4)51(62,66-46)47(57)48(58)52-20-9-8-13-39(52)50(61)65-45(31(3)24-35-16-19-40(54)38(26-35)28-53)33(5)41(55)27-42(56)37(22-29)12-10-11-34-14-17-36(18-15-34)49(59)60;1-9-12-31-18-25(2)17-26(3)19-37(54-7)40-38(55-8)21-28(5)44(53,57-40)41(50)42(51)45-16-11-10-13-33(45)43(52)56-39(29(6)35(48)23-36(31)49)27(4)20-30-14-15-34(47)32(22-30)24-46;1-2-7-3-5-8(6-4-7)9(10)11/h10-11,14-15,17-18,22,24,30,32-33,35,37-41,43-46,53-55,62H,8-9,12-13,16,19-21,23,25-28H2,1-7H3,(H,59,60);9,18,20,26,28-35,37-40,46-48,53H,1,10-17,19,21-24H2,2-8H3;2-6H,1H2,(H,10,11)/b11-10+,29-22+,31-24+;25-18+,27-20+;/t30?,32-,33?,35?,37?,38?,39?,40?,41?,43+,44?,45?,46-,51+;26?,28?,29?,30?,31?,32?,33?,34?,35?,37-,38?,39?,40?,44-;/m10./s1. The lowest BCUT2D eigenvalue weighted by Gasteiger charge is -2.47. The van der Waals surface area contributed by atoms with E-state index in [1.165, 1.54) is 45.5 Å². The molecule has 134 heavy (non-hydrogen) atoms. The summed E-state index contributed by atoms with van der Waals surface area (Å²) in [4.78, 5) is 138. The third-order valence-corrected chi connectivity index (χ3v) is 28.8. The number of rotatable bonds is 18. The maximum Gasteiger partial charge on any atom is 0.335 e. The van der Waals surface area contributed by atoms with Gasteiger partial charge in [-0.15, -0.1) is 6.58 Å². The van der Waals surface area contributed by atoms with E-state index in [0.717, 1.165) is 27.2 Å². The van der Waals surface area contributed by atoms with Crippen LogP contribution in [0.3, 0.4) is 0 Å². The molecule has 4 bridgehead atoms. The number of allylic oxidation sites excluding steroid dienone is 8. The second-order valence-electron chi connectivity index (χ2n) is 39.1. The summed E-state index contributed by atoms with van der Waals surface area (Å²) in [6.07, 6.45) is 12.8. The summed E-state index contributed by atoms with van der Waals surface area (Å²) in [6.45, 7) is 25.3. The van der Waals surface area contributed by atoms with Gasteiger partial charge in [0.2, 0.25) is 11.6 Å². The number of aliphatic hydroxyl groups is 8. The first kappa shape index (κ1) is 111. The number of carbonyl (C=O) groups is 10.